The standard InChI is InChI=1S/C8H9F.C8H8O2/c1-2-7-5-3-4-6-8(7)9;1-6-3-2-4-7-8(6)10-5-9-7/h3-6H,2H2,1H3;2-4H,5H2,1H3. The van der Waals surface area contributed by atoms with Crippen LogP contribution in [0.25, 0.3) is 0 Å². The zero-order valence-electron chi connectivity index (χ0n) is 11.2. The fourth-order valence-electron chi connectivity index (χ4n) is 1.86. The molecule has 19 heavy (non-hydrogen) atoms. The summed E-state index contributed by atoms with van der Waals surface area (Å²) in [5, 5.41) is 0. The molecular formula is C16H17FO2. The van der Waals surface area contributed by atoms with Crippen LogP contribution in [0.4, 0.5) is 4.39 Å². The van der Waals surface area contributed by atoms with E-state index >= 15 is 0 Å². The second kappa shape index (κ2) is 6.23. The van der Waals surface area contributed by atoms with Crippen molar-refractivity contribution in [2.45, 2.75) is 20.3 Å². The normalized spacial score (nSPS) is 11.7. The SMILES string of the molecule is CCc1ccccc1F.Cc1cccc2c1OCO2. The van der Waals surface area contributed by atoms with Crippen LogP contribution in [-0.4, -0.2) is 6.79 Å². The third kappa shape index (κ3) is 3.25. The molecule has 0 atom stereocenters. The average molecular weight is 260 g/mol. The first kappa shape index (κ1) is 13.4. The van der Waals surface area contributed by atoms with Crippen molar-refractivity contribution in [1.29, 1.82) is 0 Å². The Bertz CT molecular complexity index is 552. The molecule has 3 rings (SSSR count). The monoisotopic (exact) mass is 260 g/mol. The maximum atomic E-state index is 12.6. The van der Waals surface area contributed by atoms with E-state index in [9.17, 15) is 4.39 Å². The molecule has 0 radical (unpaired) electrons. The van der Waals surface area contributed by atoms with Gasteiger partial charge >= 0.3 is 0 Å². The van der Waals surface area contributed by atoms with Gasteiger partial charge in [0.25, 0.3) is 0 Å². The summed E-state index contributed by atoms with van der Waals surface area (Å²) in [7, 11) is 0. The Balaban J connectivity index is 0.000000141. The molecule has 0 fully saturated rings. The summed E-state index contributed by atoms with van der Waals surface area (Å²) in [6.07, 6.45) is 0.771. The number of hydrogen-bond acceptors (Lipinski definition) is 2. The predicted octanol–water partition coefficient (Wildman–Crippen LogP) is 4.11. The van der Waals surface area contributed by atoms with Gasteiger partial charge in [-0.1, -0.05) is 37.3 Å². The van der Waals surface area contributed by atoms with Crippen LogP contribution >= 0.6 is 0 Å². The van der Waals surface area contributed by atoms with E-state index in [1.165, 1.54) is 6.07 Å². The fraction of sp³-hybridized carbons (Fsp3) is 0.250. The molecule has 100 valence electrons. The van der Waals surface area contributed by atoms with Gasteiger partial charge in [-0.15, -0.1) is 0 Å². The van der Waals surface area contributed by atoms with E-state index in [-0.39, 0.29) is 5.82 Å². The second-order valence-electron chi connectivity index (χ2n) is 4.25. The molecule has 2 aromatic rings. The Labute approximate surface area is 112 Å². The number of benzene rings is 2. The lowest BCUT2D eigenvalue weighted by Gasteiger charge is -1.96. The molecule has 1 aliphatic heterocycles. The van der Waals surface area contributed by atoms with E-state index in [1.54, 1.807) is 12.1 Å². The van der Waals surface area contributed by atoms with Crippen molar-refractivity contribution in [3.63, 3.8) is 0 Å². The topological polar surface area (TPSA) is 18.5 Å². The molecule has 0 N–H and O–H groups in total. The van der Waals surface area contributed by atoms with Crippen molar-refractivity contribution < 1.29 is 13.9 Å². The summed E-state index contributed by atoms with van der Waals surface area (Å²) < 4.78 is 23.0. The average Bonchev–Trinajstić information content (AvgIpc) is 2.90. The minimum atomic E-state index is -0.0972. The van der Waals surface area contributed by atoms with E-state index in [2.05, 4.69) is 0 Å². The van der Waals surface area contributed by atoms with Gasteiger partial charge in [0.1, 0.15) is 5.82 Å². The number of halogens is 1. The number of rotatable bonds is 1. The molecule has 0 bridgehead atoms. The highest BCUT2D eigenvalue weighted by Gasteiger charge is 2.13. The summed E-state index contributed by atoms with van der Waals surface area (Å²) in [6.45, 7) is 4.31. The van der Waals surface area contributed by atoms with Crippen molar-refractivity contribution in [3.8, 4) is 11.5 Å². The Kier molecular flexibility index (Phi) is 4.39. The zero-order valence-corrected chi connectivity index (χ0v) is 11.2. The number of aryl methyl sites for hydroxylation is 2. The zero-order chi connectivity index (χ0) is 13.7. The number of hydrogen-bond donors (Lipinski definition) is 0. The largest absolute Gasteiger partial charge is 0.454 e. The lowest BCUT2D eigenvalue weighted by molar-refractivity contribution is 0.173. The van der Waals surface area contributed by atoms with E-state index in [4.69, 9.17) is 9.47 Å². The first-order valence-corrected chi connectivity index (χ1v) is 6.31. The first-order chi connectivity index (χ1) is 9.22. The Morgan fingerprint density at radius 1 is 1.05 bits per heavy atom. The molecule has 0 saturated heterocycles. The van der Waals surface area contributed by atoms with E-state index in [0.717, 1.165) is 29.0 Å². The third-order valence-corrected chi connectivity index (χ3v) is 2.93. The molecule has 1 heterocycles. The number of para-hydroxylation sites is 1. The Morgan fingerprint density at radius 3 is 2.47 bits per heavy atom. The summed E-state index contributed by atoms with van der Waals surface area (Å²) in [5.41, 5.74) is 1.92. The van der Waals surface area contributed by atoms with Crippen molar-refractivity contribution in [2.24, 2.45) is 0 Å². The maximum Gasteiger partial charge on any atom is 0.231 e. The summed E-state index contributed by atoms with van der Waals surface area (Å²) in [5.74, 6) is 1.66. The van der Waals surface area contributed by atoms with Crippen LogP contribution in [0.1, 0.15) is 18.1 Å². The van der Waals surface area contributed by atoms with Crippen molar-refractivity contribution in [2.75, 3.05) is 6.79 Å². The molecule has 0 spiro atoms. The quantitative estimate of drug-likeness (QED) is 0.768. The van der Waals surface area contributed by atoms with Gasteiger partial charge in [0.05, 0.1) is 0 Å². The molecular weight excluding hydrogens is 243 g/mol. The molecule has 0 saturated carbocycles. The van der Waals surface area contributed by atoms with Gasteiger partial charge in [0.2, 0.25) is 6.79 Å². The summed E-state index contributed by atoms with van der Waals surface area (Å²) in [4.78, 5) is 0. The highest BCUT2D eigenvalue weighted by molar-refractivity contribution is 5.47. The van der Waals surface area contributed by atoms with Crippen LogP contribution in [0.3, 0.4) is 0 Å². The third-order valence-electron chi connectivity index (χ3n) is 2.93. The van der Waals surface area contributed by atoms with Gasteiger partial charge < -0.3 is 9.47 Å². The second-order valence-corrected chi connectivity index (χ2v) is 4.25. The van der Waals surface area contributed by atoms with Gasteiger partial charge in [-0.25, -0.2) is 4.39 Å². The minimum absolute atomic E-state index is 0.0972. The molecule has 1 aliphatic rings. The van der Waals surface area contributed by atoms with Crippen LogP contribution < -0.4 is 9.47 Å². The summed E-state index contributed by atoms with van der Waals surface area (Å²) >= 11 is 0. The molecule has 3 heteroatoms. The van der Waals surface area contributed by atoms with Gasteiger partial charge in [-0.05, 0) is 36.6 Å². The highest BCUT2D eigenvalue weighted by Crippen LogP contribution is 2.34. The number of ether oxygens (including phenoxy) is 2. The van der Waals surface area contributed by atoms with Crippen molar-refractivity contribution in [1.82, 2.24) is 0 Å². The van der Waals surface area contributed by atoms with Crippen molar-refractivity contribution in [3.05, 3.63) is 59.4 Å². The van der Waals surface area contributed by atoms with E-state index < -0.39 is 0 Å². The van der Waals surface area contributed by atoms with E-state index in [1.807, 2.05) is 38.1 Å². The molecule has 0 aromatic heterocycles. The molecule has 0 aliphatic carbocycles. The number of fused-ring (bicyclic) bond motifs is 1. The lowest BCUT2D eigenvalue weighted by Crippen LogP contribution is -1.93. The molecule has 0 unspecified atom stereocenters. The Morgan fingerprint density at radius 2 is 1.84 bits per heavy atom. The lowest BCUT2D eigenvalue weighted by atomic mass is 10.2. The molecule has 2 aromatic carbocycles. The Hall–Kier alpha value is -2.03. The smallest absolute Gasteiger partial charge is 0.231 e. The van der Waals surface area contributed by atoms with Crippen LogP contribution in [0.5, 0.6) is 11.5 Å². The van der Waals surface area contributed by atoms with Gasteiger partial charge in [-0.2, -0.15) is 0 Å². The van der Waals surface area contributed by atoms with Crippen LogP contribution in [0.15, 0.2) is 42.5 Å². The predicted molar refractivity (Wildman–Crippen MR) is 73.1 cm³/mol. The molecule has 0 amide bonds. The van der Waals surface area contributed by atoms with Gasteiger partial charge in [0.15, 0.2) is 11.5 Å². The first-order valence-electron chi connectivity index (χ1n) is 6.31. The molecule has 2 nitrogen and oxygen atoms in total. The van der Waals surface area contributed by atoms with E-state index in [0.29, 0.717) is 6.79 Å². The van der Waals surface area contributed by atoms with Crippen LogP contribution in [-0.2, 0) is 6.42 Å². The highest BCUT2D eigenvalue weighted by atomic mass is 19.1. The van der Waals surface area contributed by atoms with Crippen molar-refractivity contribution >= 4 is 0 Å². The van der Waals surface area contributed by atoms with Gasteiger partial charge in [-0.3, -0.25) is 0 Å². The minimum Gasteiger partial charge on any atom is -0.454 e. The summed E-state index contributed by atoms with van der Waals surface area (Å²) in [6, 6.07) is 12.7. The maximum absolute atomic E-state index is 12.6. The van der Waals surface area contributed by atoms with Crippen LogP contribution in [0.2, 0.25) is 0 Å². The van der Waals surface area contributed by atoms with Crippen LogP contribution in [0, 0.1) is 12.7 Å². The van der Waals surface area contributed by atoms with Gasteiger partial charge in [0, 0.05) is 0 Å². The fourth-order valence-corrected chi connectivity index (χ4v) is 1.86.